The molecule has 2 atom stereocenters. The molecule has 1 aromatic rings. The number of rotatable bonds is 2. The maximum Gasteiger partial charge on any atom is 0.424 e. The molecule has 1 N–H and O–H groups in total. The van der Waals surface area contributed by atoms with Gasteiger partial charge in [0.15, 0.2) is 0 Å². The van der Waals surface area contributed by atoms with Crippen LogP contribution in [0.5, 0.6) is 0 Å². The van der Waals surface area contributed by atoms with Crippen LogP contribution in [0.25, 0.3) is 0 Å². The van der Waals surface area contributed by atoms with Crippen LogP contribution in [-0.4, -0.2) is 24.0 Å². The first-order chi connectivity index (χ1) is 6.96. The summed E-state index contributed by atoms with van der Waals surface area (Å²) in [6.07, 6.45) is -5.91. The van der Waals surface area contributed by atoms with Crippen molar-refractivity contribution in [1.29, 1.82) is 0 Å². The minimum absolute atomic E-state index is 0.0646. The quantitative estimate of drug-likeness (QED) is 0.768. The number of halogens is 3. The van der Waals surface area contributed by atoms with Crippen molar-refractivity contribution in [3.05, 3.63) is 35.9 Å². The number of aliphatic hydroxyl groups is 1. The van der Waals surface area contributed by atoms with E-state index < -0.39 is 17.9 Å². The van der Waals surface area contributed by atoms with Gasteiger partial charge in [0.25, 0.3) is 0 Å². The normalized spacial score (nSPS) is 24.7. The number of hydrogen-bond acceptors (Lipinski definition) is 2. The Labute approximate surface area is 84.3 Å². The molecule has 0 aliphatic carbocycles. The summed E-state index contributed by atoms with van der Waals surface area (Å²) in [6, 6.07) is 6.99. The second kappa shape index (κ2) is 3.21. The molecule has 82 valence electrons. The van der Waals surface area contributed by atoms with E-state index in [1.54, 1.807) is 6.07 Å². The molecule has 1 aliphatic rings. The molecular weight excluding hydrogens is 209 g/mol. The Hall–Kier alpha value is -1.07. The smallest absolute Gasteiger partial charge is 0.374 e. The van der Waals surface area contributed by atoms with Crippen molar-refractivity contribution in [1.82, 2.24) is 0 Å². The zero-order valence-electron chi connectivity index (χ0n) is 7.66. The third kappa shape index (κ3) is 1.61. The number of epoxide rings is 1. The zero-order valence-corrected chi connectivity index (χ0v) is 7.66. The minimum atomic E-state index is -4.73. The van der Waals surface area contributed by atoms with Crippen LogP contribution in [0.1, 0.15) is 5.56 Å². The Morgan fingerprint density at radius 3 is 2.13 bits per heavy atom. The summed E-state index contributed by atoms with van der Waals surface area (Å²) in [5.74, 6) is 0. The van der Waals surface area contributed by atoms with Crippen molar-refractivity contribution in [2.24, 2.45) is 0 Å². The van der Waals surface area contributed by atoms with Crippen molar-refractivity contribution in [2.45, 2.75) is 17.9 Å². The second-order valence-electron chi connectivity index (χ2n) is 3.45. The van der Waals surface area contributed by atoms with Gasteiger partial charge in [-0.1, -0.05) is 30.3 Å². The van der Waals surface area contributed by atoms with Gasteiger partial charge in [0, 0.05) is 0 Å². The van der Waals surface area contributed by atoms with E-state index in [4.69, 9.17) is 0 Å². The van der Waals surface area contributed by atoms with E-state index in [-0.39, 0.29) is 12.2 Å². The molecule has 15 heavy (non-hydrogen) atoms. The summed E-state index contributed by atoms with van der Waals surface area (Å²) in [5.41, 5.74) is -3.06. The Morgan fingerprint density at radius 2 is 1.73 bits per heavy atom. The van der Waals surface area contributed by atoms with E-state index in [0.717, 1.165) is 0 Å². The highest BCUT2D eigenvalue weighted by Crippen LogP contribution is 2.46. The predicted octanol–water partition coefficient (Wildman–Crippen LogP) is 1.84. The first-order valence-electron chi connectivity index (χ1n) is 4.42. The van der Waals surface area contributed by atoms with Gasteiger partial charge in [-0.05, 0) is 5.56 Å². The van der Waals surface area contributed by atoms with E-state index in [2.05, 4.69) is 4.74 Å². The van der Waals surface area contributed by atoms with Crippen LogP contribution >= 0.6 is 0 Å². The largest absolute Gasteiger partial charge is 0.424 e. The van der Waals surface area contributed by atoms with Gasteiger partial charge < -0.3 is 9.84 Å². The molecule has 2 unspecified atom stereocenters. The van der Waals surface area contributed by atoms with Crippen molar-refractivity contribution in [3.63, 3.8) is 0 Å². The van der Waals surface area contributed by atoms with E-state index in [1.165, 1.54) is 24.3 Å². The molecule has 5 heteroatoms. The number of alkyl halides is 3. The fraction of sp³-hybridized carbons (Fsp3) is 0.400. The molecule has 2 rings (SSSR count). The summed E-state index contributed by atoms with van der Waals surface area (Å²) in [4.78, 5) is 0. The van der Waals surface area contributed by atoms with Gasteiger partial charge in [0.1, 0.15) is 6.10 Å². The van der Waals surface area contributed by atoms with Crippen LogP contribution in [0.3, 0.4) is 0 Å². The van der Waals surface area contributed by atoms with Gasteiger partial charge in [0.2, 0.25) is 5.60 Å². The highest BCUT2D eigenvalue weighted by molar-refractivity contribution is 5.27. The third-order valence-electron chi connectivity index (χ3n) is 2.45. The molecule has 1 aromatic carbocycles. The first kappa shape index (κ1) is 10.4. The molecule has 0 saturated carbocycles. The molecule has 1 heterocycles. The van der Waals surface area contributed by atoms with Gasteiger partial charge >= 0.3 is 6.18 Å². The summed E-state index contributed by atoms with van der Waals surface area (Å²) in [7, 11) is 0. The lowest BCUT2D eigenvalue weighted by Crippen LogP contribution is -2.47. The number of benzene rings is 1. The molecular formula is C10H9F3O2. The average Bonchev–Trinajstić information content (AvgIpc) is 2.99. The SMILES string of the molecule is OC(c1ccccc1)(C1CO1)C(F)(F)F. The van der Waals surface area contributed by atoms with Gasteiger partial charge in [-0.25, -0.2) is 0 Å². The van der Waals surface area contributed by atoms with Gasteiger partial charge in [-0.15, -0.1) is 0 Å². The van der Waals surface area contributed by atoms with Crippen LogP contribution in [0, 0.1) is 0 Å². The minimum Gasteiger partial charge on any atom is -0.374 e. The Balaban J connectivity index is 2.44. The molecule has 1 saturated heterocycles. The third-order valence-corrected chi connectivity index (χ3v) is 2.45. The van der Waals surface area contributed by atoms with Crippen LogP contribution in [0.4, 0.5) is 13.2 Å². The molecule has 0 aromatic heterocycles. The number of hydrogen-bond donors (Lipinski definition) is 1. The van der Waals surface area contributed by atoms with Crippen LogP contribution in [-0.2, 0) is 10.3 Å². The molecule has 0 bridgehead atoms. The standard InChI is InChI=1S/C10H9F3O2/c11-10(12,13)9(14,8-6-15-8)7-4-2-1-3-5-7/h1-5,8,14H,6H2. The van der Waals surface area contributed by atoms with Crippen LogP contribution < -0.4 is 0 Å². The average molecular weight is 218 g/mol. The lowest BCUT2D eigenvalue weighted by atomic mass is 9.90. The summed E-state index contributed by atoms with van der Waals surface area (Å²) >= 11 is 0. The highest BCUT2D eigenvalue weighted by Gasteiger charge is 2.64. The Bertz CT molecular complexity index is 345. The molecule has 2 nitrogen and oxygen atoms in total. The molecule has 1 aliphatic heterocycles. The first-order valence-corrected chi connectivity index (χ1v) is 4.42. The lowest BCUT2D eigenvalue weighted by molar-refractivity contribution is -0.273. The van der Waals surface area contributed by atoms with E-state index in [9.17, 15) is 18.3 Å². The van der Waals surface area contributed by atoms with Crippen molar-refractivity contribution in [3.8, 4) is 0 Å². The molecule has 0 amide bonds. The zero-order chi connectivity index (χ0) is 11.1. The van der Waals surface area contributed by atoms with Crippen LogP contribution in [0.2, 0.25) is 0 Å². The predicted molar refractivity (Wildman–Crippen MR) is 46.1 cm³/mol. The van der Waals surface area contributed by atoms with E-state index in [1.807, 2.05) is 0 Å². The topological polar surface area (TPSA) is 32.8 Å². The maximum absolute atomic E-state index is 12.8. The van der Waals surface area contributed by atoms with Gasteiger partial charge in [-0.2, -0.15) is 13.2 Å². The van der Waals surface area contributed by atoms with Gasteiger partial charge in [0.05, 0.1) is 6.61 Å². The molecule has 0 radical (unpaired) electrons. The Morgan fingerprint density at radius 1 is 1.20 bits per heavy atom. The fourth-order valence-electron chi connectivity index (χ4n) is 1.51. The number of ether oxygens (including phenoxy) is 1. The van der Waals surface area contributed by atoms with Crippen molar-refractivity contribution >= 4 is 0 Å². The summed E-state index contributed by atoms with van der Waals surface area (Å²) in [6.45, 7) is -0.0646. The molecule has 0 spiro atoms. The fourth-order valence-corrected chi connectivity index (χ4v) is 1.51. The van der Waals surface area contributed by atoms with Gasteiger partial charge in [-0.3, -0.25) is 0 Å². The summed E-state index contributed by atoms with van der Waals surface area (Å²) in [5, 5.41) is 9.71. The highest BCUT2D eigenvalue weighted by atomic mass is 19.4. The monoisotopic (exact) mass is 218 g/mol. The van der Waals surface area contributed by atoms with Crippen LogP contribution in [0.15, 0.2) is 30.3 Å². The summed E-state index contributed by atoms with van der Waals surface area (Å²) < 4.78 is 42.8. The second-order valence-corrected chi connectivity index (χ2v) is 3.45. The lowest BCUT2D eigenvalue weighted by Gasteiger charge is -2.29. The van der Waals surface area contributed by atoms with E-state index >= 15 is 0 Å². The molecule has 1 fully saturated rings. The van der Waals surface area contributed by atoms with Crippen molar-refractivity contribution in [2.75, 3.05) is 6.61 Å². The maximum atomic E-state index is 12.8. The van der Waals surface area contributed by atoms with E-state index in [0.29, 0.717) is 0 Å². The van der Waals surface area contributed by atoms with Crippen molar-refractivity contribution < 1.29 is 23.0 Å². The Kier molecular flexibility index (Phi) is 2.24.